The van der Waals surface area contributed by atoms with E-state index in [0.29, 0.717) is 0 Å². The molecule has 0 aliphatic heterocycles. The van der Waals surface area contributed by atoms with Crippen LogP contribution in [0, 0.1) is 0 Å². The number of halogens is 28. The molecule has 0 saturated heterocycles. The fraction of sp³-hybridized carbons (Fsp3) is 1.00. The summed E-state index contributed by atoms with van der Waals surface area (Å²) >= 11 is 0. The highest BCUT2D eigenvalue weighted by molar-refractivity contribution is 5.05. The van der Waals surface area contributed by atoms with Gasteiger partial charge in [0.15, 0.2) is 0 Å². The summed E-state index contributed by atoms with van der Waals surface area (Å²) < 4.78 is 448. The third kappa shape index (κ3) is 13.3. The van der Waals surface area contributed by atoms with Gasteiger partial charge >= 0.3 is 72.4 Å². The molecule has 2 atom stereocenters. The summed E-state index contributed by atoms with van der Waals surface area (Å²) in [5, 5.41) is 26.3. The largest absolute Gasteiger partial charge is 0.453 e. The number of rotatable bonds is 31. The average Bonchev–Trinajstić information content (AvgIpc) is 3.14. The zero-order valence-electron chi connectivity index (χ0n) is 39.9. The number of aliphatic hydroxyl groups excluding tert-OH is 3. The van der Waals surface area contributed by atoms with Crippen LogP contribution in [-0.4, -0.2) is 159 Å². The highest BCUT2D eigenvalue weighted by Gasteiger charge is 2.88. The first kappa shape index (κ1) is 72.6. The molecule has 0 fully saturated rings. The molecular formula is C36H46F28O11. The summed E-state index contributed by atoms with van der Waals surface area (Å²) in [5.74, 6) is -46.3. The van der Waals surface area contributed by atoms with E-state index in [-0.39, 0.29) is 41.5 Å². The van der Waals surface area contributed by atoms with Gasteiger partial charge in [0.05, 0.1) is 6.10 Å². The summed E-state index contributed by atoms with van der Waals surface area (Å²) in [4.78, 5) is 0. The van der Waals surface area contributed by atoms with Gasteiger partial charge in [0.25, 0.3) is 17.8 Å². The Bertz CT molecular complexity index is 1930. The van der Waals surface area contributed by atoms with Gasteiger partial charge in [-0.25, -0.2) is 35.8 Å². The fourth-order valence-electron chi connectivity index (χ4n) is 5.00. The van der Waals surface area contributed by atoms with Crippen LogP contribution in [0.1, 0.15) is 83.1 Å². The van der Waals surface area contributed by atoms with E-state index in [9.17, 15) is 43.9 Å². The van der Waals surface area contributed by atoms with Gasteiger partial charge in [0.1, 0.15) is 47.8 Å². The molecule has 0 aliphatic rings. The van der Waals surface area contributed by atoms with Crippen LogP contribution in [0.4, 0.5) is 123 Å². The normalized spacial score (nSPS) is 17.9. The van der Waals surface area contributed by atoms with E-state index in [0.717, 1.165) is 0 Å². The second kappa shape index (κ2) is 20.6. The standard InChI is InChI=1S/C36H46F28O11/c1-16(2)68-31(53,54)27(47,69-20(9,10)25(43,44)29(49,50)71-17(3,4)22(37,38)13-65)32(55,56)74-33(57,58)28(48,34(59,60)75-36(63,64)35(61,62)73-19(7,8)24(41,42)15-67)70-21(11,12)26(45,46)30(51,52)72-18(5,6)23(39,40)14-66/h16,65-67H,13-15H2,1-12H3. The van der Waals surface area contributed by atoms with Gasteiger partial charge in [-0.3, -0.25) is 0 Å². The molecule has 0 aromatic carbocycles. The molecule has 0 saturated carbocycles. The number of ether oxygens (including phenoxy) is 8. The van der Waals surface area contributed by atoms with E-state index in [2.05, 4.69) is 28.4 Å². The molecule has 0 amide bonds. The molecule has 452 valence electrons. The van der Waals surface area contributed by atoms with E-state index < -0.39 is 186 Å². The lowest BCUT2D eigenvalue weighted by molar-refractivity contribution is -0.591. The Morgan fingerprint density at radius 3 is 0.693 bits per heavy atom. The van der Waals surface area contributed by atoms with Gasteiger partial charge in [0, 0.05) is 0 Å². The lowest BCUT2D eigenvalue weighted by Crippen LogP contribution is -2.73. The Balaban J connectivity index is 8.72. The van der Waals surface area contributed by atoms with Gasteiger partial charge in [-0.2, -0.15) is 96.6 Å². The number of alkyl halides is 28. The van der Waals surface area contributed by atoms with Crippen molar-refractivity contribution in [3.05, 3.63) is 0 Å². The maximum absolute atomic E-state index is 16.7. The first-order valence-electron chi connectivity index (χ1n) is 19.8. The molecule has 0 aromatic heterocycles. The Hall–Kier alpha value is -2.40. The van der Waals surface area contributed by atoms with Crippen molar-refractivity contribution in [1.29, 1.82) is 0 Å². The fourth-order valence-corrected chi connectivity index (χ4v) is 5.00. The van der Waals surface area contributed by atoms with Crippen molar-refractivity contribution in [2.45, 2.75) is 207 Å². The molecule has 3 N–H and O–H groups in total. The van der Waals surface area contributed by atoms with E-state index in [4.69, 9.17) is 15.3 Å². The summed E-state index contributed by atoms with van der Waals surface area (Å²) in [6, 6.07) is 0. The number of hydrogen-bond acceptors (Lipinski definition) is 11. The van der Waals surface area contributed by atoms with Crippen LogP contribution in [0.5, 0.6) is 0 Å². The van der Waals surface area contributed by atoms with E-state index in [1.165, 1.54) is 0 Å². The lowest BCUT2D eigenvalue weighted by atomic mass is 9.96. The third-order valence-electron chi connectivity index (χ3n) is 10.2. The quantitative estimate of drug-likeness (QED) is 0.0573. The van der Waals surface area contributed by atoms with Crippen molar-refractivity contribution in [2.75, 3.05) is 19.8 Å². The Morgan fingerprint density at radius 2 is 0.467 bits per heavy atom. The van der Waals surface area contributed by atoms with Crippen molar-refractivity contribution < 1.29 is 176 Å². The van der Waals surface area contributed by atoms with Gasteiger partial charge < -0.3 is 43.7 Å². The van der Waals surface area contributed by atoms with Crippen molar-refractivity contribution in [1.82, 2.24) is 0 Å². The van der Waals surface area contributed by atoms with Crippen molar-refractivity contribution in [3.8, 4) is 0 Å². The Kier molecular flexibility index (Phi) is 19.9. The first-order valence-corrected chi connectivity index (χ1v) is 19.8. The second-order valence-electron chi connectivity index (χ2n) is 18.5. The molecule has 0 aliphatic carbocycles. The highest BCUT2D eigenvalue weighted by atomic mass is 19.4. The van der Waals surface area contributed by atoms with Crippen LogP contribution < -0.4 is 0 Å². The van der Waals surface area contributed by atoms with E-state index >= 15 is 79.0 Å². The van der Waals surface area contributed by atoms with E-state index in [1.54, 1.807) is 0 Å². The minimum atomic E-state index is -8.75. The predicted octanol–water partition coefficient (Wildman–Crippen LogP) is 11.6. The smallest absolute Gasteiger partial charge is 0.390 e. The molecule has 39 heteroatoms. The van der Waals surface area contributed by atoms with Gasteiger partial charge in [0.2, 0.25) is 0 Å². The second-order valence-corrected chi connectivity index (χ2v) is 18.5. The van der Waals surface area contributed by atoms with Crippen molar-refractivity contribution >= 4 is 0 Å². The summed E-state index contributed by atoms with van der Waals surface area (Å²) in [6.45, 7) is -14.0. The van der Waals surface area contributed by atoms with Crippen LogP contribution in [0.15, 0.2) is 0 Å². The molecule has 75 heavy (non-hydrogen) atoms. The molecular weight excluding hydrogens is 1140 g/mol. The van der Waals surface area contributed by atoms with Crippen LogP contribution in [-0.2, 0) is 37.9 Å². The molecule has 0 radical (unpaired) electrons. The monoisotopic (exact) mass is 1190 g/mol. The van der Waals surface area contributed by atoms with Gasteiger partial charge in [-0.05, 0) is 83.1 Å². The zero-order valence-corrected chi connectivity index (χ0v) is 39.9. The van der Waals surface area contributed by atoms with Crippen LogP contribution in [0.25, 0.3) is 0 Å². The van der Waals surface area contributed by atoms with Crippen molar-refractivity contribution in [2.24, 2.45) is 0 Å². The summed E-state index contributed by atoms with van der Waals surface area (Å²) in [6.07, 6.45) is -65.1. The van der Waals surface area contributed by atoms with E-state index in [1.807, 2.05) is 9.47 Å². The number of aliphatic hydroxyl groups is 3. The topological polar surface area (TPSA) is 135 Å². The third-order valence-corrected chi connectivity index (χ3v) is 10.2. The number of hydrogen-bond donors (Lipinski definition) is 3. The van der Waals surface area contributed by atoms with Crippen LogP contribution in [0.2, 0.25) is 0 Å². The van der Waals surface area contributed by atoms with Gasteiger partial charge in [-0.1, -0.05) is 0 Å². The zero-order chi connectivity index (χ0) is 61.4. The molecule has 0 aromatic rings. The maximum Gasteiger partial charge on any atom is 0.453 e. The minimum Gasteiger partial charge on any atom is -0.390 e. The average molecular weight is 1190 g/mol. The summed E-state index contributed by atoms with van der Waals surface area (Å²) in [7, 11) is 0. The molecule has 0 spiro atoms. The molecule has 0 heterocycles. The Morgan fingerprint density at radius 1 is 0.267 bits per heavy atom. The maximum atomic E-state index is 16.7. The SMILES string of the molecule is CC(C)OC(F)(F)C(F)(OC(C)(C)C(F)(F)C(F)(F)OC(C)(C)C(F)(F)CO)C(F)(F)OC(F)(F)C(F)(OC(C)(C)C(F)(F)C(F)(F)OC(C)(C)C(F)(F)CO)C(F)(F)OC(F)(F)C(F)(F)OC(C)(C)C(F)(F)CO. The van der Waals surface area contributed by atoms with Crippen molar-refractivity contribution in [3.63, 3.8) is 0 Å². The molecule has 0 rings (SSSR count). The highest BCUT2D eigenvalue weighted by Crippen LogP contribution is 2.61. The minimum absolute atomic E-state index is 0.158. The van der Waals surface area contributed by atoms with Crippen LogP contribution >= 0.6 is 0 Å². The molecule has 2 unspecified atom stereocenters. The predicted molar refractivity (Wildman–Crippen MR) is 187 cm³/mol. The first-order chi connectivity index (χ1) is 32.0. The summed E-state index contributed by atoms with van der Waals surface area (Å²) in [5.41, 5.74) is -24.2. The Labute approximate surface area is 403 Å². The van der Waals surface area contributed by atoms with Gasteiger partial charge in [-0.15, -0.1) is 0 Å². The lowest BCUT2D eigenvalue weighted by Gasteiger charge is -2.49. The molecule has 11 nitrogen and oxygen atoms in total. The van der Waals surface area contributed by atoms with Crippen LogP contribution in [0.3, 0.4) is 0 Å². The molecule has 0 bridgehead atoms.